The van der Waals surface area contributed by atoms with E-state index in [-0.39, 0.29) is 6.61 Å². The van der Waals surface area contributed by atoms with Crippen LogP contribution in [0.5, 0.6) is 0 Å². The van der Waals surface area contributed by atoms with Crippen LogP contribution in [0.15, 0.2) is 29.2 Å². The Balaban J connectivity index is 2.32. The van der Waals surface area contributed by atoms with Gasteiger partial charge in [-0.15, -0.1) is 11.8 Å². The summed E-state index contributed by atoms with van der Waals surface area (Å²) in [5.74, 6) is 1.64. The van der Waals surface area contributed by atoms with Crippen molar-refractivity contribution in [3.63, 3.8) is 0 Å². The predicted molar refractivity (Wildman–Crippen MR) is 80.2 cm³/mol. The Morgan fingerprint density at radius 1 is 1.28 bits per heavy atom. The van der Waals surface area contributed by atoms with Crippen molar-refractivity contribution in [2.45, 2.75) is 50.0 Å². The van der Waals surface area contributed by atoms with Crippen LogP contribution in [0.25, 0.3) is 0 Å². The molecule has 0 aliphatic carbocycles. The molecule has 0 bridgehead atoms. The molecule has 2 nitrogen and oxygen atoms in total. The molecule has 18 heavy (non-hydrogen) atoms. The molecule has 0 amide bonds. The fourth-order valence-corrected chi connectivity index (χ4v) is 2.55. The van der Waals surface area contributed by atoms with Gasteiger partial charge in [-0.1, -0.05) is 26.0 Å². The smallest absolute Gasteiger partial charge is 0.0608 e. The molecule has 102 valence electrons. The molecule has 3 N–H and O–H groups in total. The molecule has 1 aromatic carbocycles. The first-order valence-corrected chi connectivity index (χ1v) is 7.56. The normalized spacial score (nSPS) is 14.8. The largest absolute Gasteiger partial charge is 0.394 e. The van der Waals surface area contributed by atoms with E-state index in [1.165, 1.54) is 10.5 Å². The van der Waals surface area contributed by atoms with Gasteiger partial charge in [0, 0.05) is 10.4 Å². The first kappa shape index (κ1) is 15.5. The maximum Gasteiger partial charge on any atom is 0.0608 e. The first-order chi connectivity index (χ1) is 8.44. The minimum Gasteiger partial charge on any atom is -0.394 e. The van der Waals surface area contributed by atoms with Gasteiger partial charge >= 0.3 is 0 Å². The fraction of sp³-hybridized carbons (Fsp3) is 0.600. The van der Waals surface area contributed by atoms with Gasteiger partial charge in [-0.25, -0.2) is 0 Å². The zero-order valence-corrected chi connectivity index (χ0v) is 12.5. The van der Waals surface area contributed by atoms with Crippen LogP contribution in [0.4, 0.5) is 0 Å². The minimum atomic E-state index is -0.429. The van der Waals surface area contributed by atoms with Crippen molar-refractivity contribution in [3.8, 4) is 0 Å². The van der Waals surface area contributed by atoms with Gasteiger partial charge in [-0.3, -0.25) is 0 Å². The Morgan fingerprint density at radius 2 is 1.89 bits per heavy atom. The molecule has 0 spiro atoms. The number of hydrogen-bond donors (Lipinski definition) is 2. The second-order valence-electron chi connectivity index (χ2n) is 5.49. The van der Waals surface area contributed by atoms with Crippen LogP contribution in [0.1, 0.15) is 45.1 Å². The van der Waals surface area contributed by atoms with E-state index in [4.69, 9.17) is 10.8 Å². The van der Waals surface area contributed by atoms with Crippen molar-refractivity contribution in [2.24, 2.45) is 5.73 Å². The number of benzene rings is 1. The topological polar surface area (TPSA) is 46.2 Å². The maximum absolute atomic E-state index is 9.06. The van der Waals surface area contributed by atoms with Crippen molar-refractivity contribution in [1.82, 2.24) is 0 Å². The molecule has 0 aliphatic rings. The van der Waals surface area contributed by atoms with Gasteiger partial charge in [0.15, 0.2) is 0 Å². The van der Waals surface area contributed by atoms with Gasteiger partial charge in [0.2, 0.25) is 0 Å². The summed E-state index contributed by atoms with van der Waals surface area (Å²) in [5, 5.41) is 9.06. The predicted octanol–water partition coefficient (Wildman–Crippen LogP) is 3.39. The summed E-state index contributed by atoms with van der Waals surface area (Å²) in [6, 6.07) is 8.78. The van der Waals surface area contributed by atoms with Crippen LogP contribution in [0.2, 0.25) is 0 Å². The van der Waals surface area contributed by atoms with Crippen molar-refractivity contribution >= 4 is 11.8 Å². The van der Waals surface area contributed by atoms with Crippen LogP contribution >= 0.6 is 11.8 Å². The molecular weight excluding hydrogens is 242 g/mol. The lowest BCUT2D eigenvalue weighted by atomic mass is 9.99. The number of nitrogens with two attached hydrogens (primary N) is 1. The van der Waals surface area contributed by atoms with Crippen LogP contribution in [0.3, 0.4) is 0 Å². The van der Waals surface area contributed by atoms with Gasteiger partial charge in [0.1, 0.15) is 0 Å². The Kier molecular flexibility index (Phi) is 6.19. The quantitative estimate of drug-likeness (QED) is 0.588. The summed E-state index contributed by atoms with van der Waals surface area (Å²) in [7, 11) is 0. The summed E-state index contributed by atoms with van der Waals surface area (Å²) in [6.45, 7) is 6.37. The second kappa shape index (κ2) is 7.17. The van der Waals surface area contributed by atoms with Gasteiger partial charge in [-0.2, -0.15) is 0 Å². The van der Waals surface area contributed by atoms with Crippen molar-refractivity contribution in [2.75, 3.05) is 12.4 Å². The van der Waals surface area contributed by atoms with E-state index in [0.29, 0.717) is 5.92 Å². The van der Waals surface area contributed by atoms with Crippen LogP contribution in [-0.2, 0) is 0 Å². The number of aliphatic hydroxyl groups excluding tert-OH is 1. The van der Waals surface area contributed by atoms with Crippen LogP contribution < -0.4 is 5.73 Å². The molecule has 1 aromatic rings. The van der Waals surface area contributed by atoms with E-state index in [9.17, 15) is 0 Å². The summed E-state index contributed by atoms with van der Waals surface area (Å²) in [4.78, 5) is 1.31. The lowest BCUT2D eigenvalue weighted by Crippen LogP contribution is -2.40. The molecule has 1 atom stereocenters. The molecule has 1 rings (SSSR count). The monoisotopic (exact) mass is 267 g/mol. The Bertz CT molecular complexity index is 346. The number of thioether (sulfide) groups is 1. The molecule has 0 aromatic heterocycles. The molecule has 0 radical (unpaired) electrons. The molecule has 0 fully saturated rings. The molecule has 0 saturated carbocycles. The van der Waals surface area contributed by atoms with Crippen molar-refractivity contribution < 1.29 is 5.11 Å². The van der Waals surface area contributed by atoms with E-state index in [0.717, 1.165) is 18.6 Å². The van der Waals surface area contributed by atoms with Gasteiger partial charge < -0.3 is 10.8 Å². The Labute approximate surface area is 115 Å². The van der Waals surface area contributed by atoms with E-state index in [2.05, 4.69) is 38.1 Å². The SMILES string of the molecule is CC(C)c1ccc(SCCCC(C)(N)CO)cc1. The second-order valence-corrected chi connectivity index (χ2v) is 6.66. The van der Waals surface area contributed by atoms with Crippen LogP contribution in [0, 0.1) is 0 Å². The average Bonchev–Trinajstić information content (AvgIpc) is 2.35. The number of aliphatic hydroxyl groups is 1. The van der Waals surface area contributed by atoms with Gasteiger partial charge in [0.05, 0.1) is 6.61 Å². The lowest BCUT2D eigenvalue weighted by Gasteiger charge is -2.21. The summed E-state index contributed by atoms with van der Waals surface area (Å²) >= 11 is 1.85. The van der Waals surface area contributed by atoms with Crippen LogP contribution in [-0.4, -0.2) is 23.0 Å². The highest BCUT2D eigenvalue weighted by Gasteiger charge is 2.15. The third-order valence-corrected chi connectivity index (χ3v) is 4.17. The Hall–Kier alpha value is -0.510. The highest BCUT2D eigenvalue weighted by molar-refractivity contribution is 7.99. The Morgan fingerprint density at radius 3 is 2.39 bits per heavy atom. The molecular formula is C15H25NOS. The number of hydrogen-bond acceptors (Lipinski definition) is 3. The molecule has 1 unspecified atom stereocenters. The lowest BCUT2D eigenvalue weighted by molar-refractivity contribution is 0.200. The average molecular weight is 267 g/mol. The first-order valence-electron chi connectivity index (χ1n) is 6.57. The highest BCUT2D eigenvalue weighted by atomic mass is 32.2. The van der Waals surface area contributed by atoms with Crippen molar-refractivity contribution in [1.29, 1.82) is 0 Å². The zero-order valence-electron chi connectivity index (χ0n) is 11.6. The highest BCUT2D eigenvalue weighted by Crippen LogP contribution is 2.23. The van der Waals surface area contributed by atoms with E-state index >= 15 is 0 Å². The third kappa shape index (κ3) is 5.42. The molecule has 0 heterocycles. The number of rotatable bonds is 7. The summed E-state index contributed by atoms with van der Waals surface area (Å²) < 4.78 is 0. The summed E-state index contributed by atoms with van der Waals surface area (Å²) in [6.07, 6.45) is 1.89. The van der Waals surface area contributed by atoms with E-state index in [1.807, 2.05) is 18.7 Å². The van der Waals surface area contributed by atoms with E-state index < -0.39 is 5.54 Å². The van der Waals surface area contributed by atoms with Crippen molar-refractivity contribution in [3.05, 3.63) is 29.8 Å². The summed E-state index contributed by atoms with van der Waals surface area (Å²) in [5.41, 5.74) is 6.84. The minimum absolute atomic E-state index is 0.0563. The van der Waals surface area contributed by atoms with Gasteiger partial charge in [-0.05, 0) is 49.1 Å². The molecule has 0 saturated heterocycles. The fourth-order valence-electron chi connectivity index (χ4n) is 1.69. The standard InChI is InChI=1S/C15H25NOS/c1-12(2)13-5-7-14(8-6-13)18-10-4-9-15(3,16)11-17/h5-8,12,17H,4,9-11,16H2,1-3H3. The molecule has 0 aliphatic heterocycles. The maximum atomic E-state index is 9.06. The molecule has 3 heteroatoms. The third-order valence-electron chi connectivity index (χ3n) is 3.07. The van der Waals surface area contributed by atoms with Gasteiger partial charge in [0.25, 0.3) is 0 Å². The van der Waals surface area contributed by atoms with E-state index in [1.54, 1.807) is 0 Å². The zero-order chi connectivity index (χ0) is 13.6.